The molecule has 0 aromatic heterocycles. The molecular formula is C24H24N2O2. The van der Waals surface area contributed by atoms with Gasteiger partial charge in [0.15, 0.2) is 0 Å². The standard InChI is InChI=1S/C24H24N2O2/c1-17(20-9-2-4-11-23(20)27)26-16-19-8-6-7-18(15-19)13-14-22(25)21-10-3-5-12-24(21)28/h2-12,15,25,27-28H,13-14,16H2,1H3. The van der Waals surface area contributed by atoms with Crippen LogP contribution in [0.3, 0.4) is 0 Å². The molecule has 0 unspecified atom stereocenters. The lowest BCUT2D eigenvalue weighted by atomic mass is 10.0. The molecule has 0 saturated heterocycles. The predicted molar refractivity (Wildman–Crippen MR) is 114 cm³/mol. The summed E-state index contributed by atoms with van der Waals surface area (Å²) in [5, 5.41) is 28.0. The first-order valence-corrected chi connectivity index (χ1v) is 9.27. The van der Waals surface area contributed by atoms with Crippen LogP contribution in [0.1, 0.15) is 35.6 Å². The fourth-order valence-electron chi connectivity index (χ4n) is 3.09. The van der Waals surface area contributed by atoms with Crippen LogP contribution in [0.15, 0.2) is 77.8 Å². The van der Waals surface area contributed by atoms with Gasteiger partial charge in [-0.05, 0) is 55.2 Å². The van der Waals surface area contributed by atoms with Crippen molar-refractivity contribution in [3.8, 4) is 11.5 Å². The number of aliphatic imine (C=N–C) groups is 1. The molecular weight excluding hydrogens is 348 g/mol. The van der Waals surface area contributed by atoms with E-state index in [1.54, 1.807) is 30.3 Å². The lowest BCUT2D eigenvalue weighted by Crippen LogP contribution is -2.02. The molecule has 3 aromatic rings. The Labute approximate surface area is 165 Å². The Morgan fingerprint density at radius 3 is 2.11 bits per heavy atom. The average Bonchev–Trinajstić information content (AvgIpc) is 2.71. The zero-order chi connectivity index (χ0) is 19.9. The molecule has 0 aliphatic heterocycles. The largest absolute Gasteiger partial charge is 0.507 e. The van der Waals surface area contributed by atoms with Gasteiger partial charge in [0.1, 0.15) is 11.5 Å². The summed E-state index contributed by atoms with van der Waals surface area (Å²) in [5.74, 6) is 0.385. The van der Waals surface area contributed by atoms with Crippen LogP contribution >= 0.6 is 0 Å². The van der Waals surface area contributed by atoms with Crippen molar-refractivity contribution in [3.05, 3.63) is 95.1 Å². The van der Waals surface area contributed by atoms with Gasteiger partial charge < -0.3 is 15.6 Å². The van der Waals surface area contributed by atoms with Crippen LogP contribution in [0, 0.1) is 5.41 Å². The van der Waals surface area contributed by atoms with Crippen molar-refractivity contribution in [1.82, 2.24) is 0 Å². The first-order chi connectivity index (χ1) is 13.5. The van der Waals surface area contributed by atoms with Crippen molar-refractivity contribution in [3.63, 3.8) is 0 Å². The lowest BCUT2D eigenvalue weighted by Gasteiger charge is -2.08. The third-order valence-electron chi connectivity index (χ3n) is 4.68. The van der Waals surface area contributed by atoms with E-state index in [1.165, 1.54) is 0 Å². The maximum Gasteiger partial charge on any atom is 0.124 e. The molecule has 4 heteroatoms. The number of benzene rings is 3. The Morgan fingerprint density at radius 2 is 1.43 bits per heavy atom. The number of rotatable bonds is 7. The molecule has 142 valence electrons. The van der Waals surface area contributed by atoms with Crippen molar-refractivity contribution >= 4 is 11.4 Å². The van der Waals surface area contributed by atoms with Gasteiger partial charge in [-0.25, -0.2) is 0 Å². The molecule has 0 heterocycles. The second kappa shape index (κ2) is 9.00. The molecule has 28 heavy (non-hydrogen) atoms. The highest BCUT2D eigenvalue weighted by Gasteiger charge is 2.07. The monoisotopic (exact) mass is 372 g/mol. The first kappa shape index (κ1) is 19.4. The van der Waals surface area contributed by atoms with Crippen LogP contribution in [-0.2, 0) is 13.0 Å². The summed E-state index contributed by atoms with van der Waals surface area (Å²) >= 11 is 0. The summed E-state index contributed by atoms with van der Waals surface area (Å²) in [5.41, 5.74) is 4.77. The van der Waals surface area contributed by atoms with E-state index in [-0.39, 0.29) is 11.5 Å². The van der Waals surface area contributed by atoms with E-state index in [2.05, 4.69) is 11.1 Å². The number of phenolic OH excluding ortho intramolecular Hbond substituents is 2. The van der Waals surface area contributed by atoms with Gasteiger partial charge in [-0.1, -0.05) is 48.5 Å². The highest BCUT2D eigenvalue weighted by molar-refractivity contribution is 6.01. The number of nitrogens with one attached hydrogen (secondary N) is 1. The quantitative estimate of drug-likeness (QED) is 0.504. The van der Waals surface area contributed by atoms with E-state index < -0.39 is 0 Å². The van der Waals surface area contributed by atoms with E-state index in [0.29, 0.717) is 24.2 Å². The smallest absolute Gasteiger partial charge is 0.124 e. The molecule has 0 amide bonds. The van der Waals surface area contributed by atoms with Gasteiger partial charge in [0.05, 0.1) is 6.54 Å². The minimum absolute atomic E-state index is 0.148. The molecule has 3 N–H and O–H groups in total. The maximum absolute atomic E-state index is 9.94. The Kier molecular flexibility index (Phi) is 6.22. The van der Waals surface area contributed by atoms with Gasteiger partial charge >= 0.3 is 0 Å². The molecule has 0 spiro atoms. The van der Waals surface area contributed by atoms with Crippen molar-refractivity contribution in [2.75, 3.05) is 0 Å². The van der Waals surface area contributed by atoms with Gasteiger partial charge in [0, 0.05) is 22.6 Å². The Morgan fingerprint density at radius 1 is 0.821 bits per heavy atom. The number of hydrogen-bond acceptors (Lipinski definition) is 4. The minimum atomic E-state index is 0.148. The molecule has 0 aliphatic rings. The second-order valence-electron chi connectivity index (χ2n) is 6.73. The highest BCUT2D eigenvalue weighted by atomic mass is 16.3. The predicted octanol–water partition coefficient (Wildman–Crippen LogP) is 5.11. The lowest BCUT2D eigenvalue weighted by molar-refractivity contribution is 0.473. The van der Waals surface area contributed by atoms with Crippen LogP contribution in [0.5, 0.6) is 11.5 Å². The summed E-state index contributed by atoms with van der Waals surface area (Å²) in [4.78, 5) is 4.60. The van der Waals surface area contributed by atoms with E-state index in [1.807, 2.05) is 43.3 Å². The van der Waals surface area contributed by atoms with Crippen molar-refractivity contribution in [1.29, 1.82) is 5.41 Å². The molecule has 0 atom stereocenters. The summed E-state index contributed by atoms with van der Waals surface area (Å²) in [6.07, 6.45) is 1.28. The second-order valence-corrected chi connectivity index (χ2v) is 6.73. The van der Waals surface area contributed by atoms with E-state index in [9.17, 15) is 10.2 Å². The van der Waals surface area contributed by atoms with Gasteiger partial charge in [-0.2, -0.15) is 0 Å². The number of aromatic hydroxyl groups is 2. The summed E-state index contributed by atoms with van der Waals surface area (Å²) < 4.78 is 0. The van der Waals surface area contributed by atoms with E-state index in [4.69, 9.17) is 5.41 Å². The Hall–Kier alpha value is -3.40. The third kappa shape index (κ3) is 4.86. The summed E-state index contributed by atoms with van der Waals surface area (Å²) in [6, 6.07) is 22.3. The van der Waals surface area contributed by atoms with Gasteiger partial charge in [-0.15, -0.1) is 0 Å². The average molecular weight is 372 g/mol. The van der Waals surface area contributed by atoms with E-state index >= 15 is 0 Å². The topological polar surface area (TPSA) is 76.7 Å². The molecule has 0 aliphatic carbocycles. The molecule has 0 radical (unpaired) electrons. The van der Waals surface area contributed by atoms with Crippen LogP contribution in [0.2, 0.25) is 0 Å². The number of phenols is 2. The van der Waals surface area contributed by atoms with Gasteiger partial charge in [0.25, 0.3) is 0 Å². The van der Waals surface area contributed by atoms with Crippen LogP contribution in [0.25, 0.3) is 0 Å². The van der Waals surface area contributed by atoms with Crippen LogP contribution in [-0.4, -0.2) is 21.6 Å². The van der Waals surface area contributed by atoms with Crippen LogP contribution < -0.4 is 0 Å². The van der Waals surface area contributed by atoms with E-state index in [0.717, 1.165) is 28.8 Å². The molecule has 3 rings (SSSR count). The van der Waals surface area contributed by atoms with Crippen LogP contribution in [0.4, 0.5) is 0 Å². The number of para-hydroxylation sites is 2. The van der Waals surface area contributed by atoms with Crippen molar-refractivity contribution < 1.29 is 10.2 Å². The zero-order valence-corrected chi connectivity index (χ0v) is 15.9. The van der Waals surface area contributed by atoms with Gasteiger partial charge in [0.2, 0.25) is 0 Å². The fourth-order valence-corrected chi connectivity index (χ4v) is 3.09. The minimum Gasteiger partial charge on any atom is -0.507 e. The molecule has 0 fully saturated rings. The summed E-state index contributed by atoms with van der Waals surface area (Å²) in [6.45, 7) is 2.43. The SMILES string of the molecule is CC(=NCc1cccc(CCC(=N)c2ccccc2O)c1)c1ccccc1O. The maximum atomic E-state index is 9.94. The van der Waals surface area contributed by atoms with Crippen molar-refractivity contribution in [2.24, 2.45) is 4.99 Å². The third-order valence-corrected chi connectivity index (χ3v) is 4.68. The van der Waals surface area contributed by atoms with Crippen molar-refractivity contribution in [2.45, 2.75) is 26.3 Å². The fraction of sp³-hybridized carbons (Fsp3) is 0.167. The first-order valence-electron chi connectivity index (χ1n) is 9.27. The Bertz CT molecular complexity index is 1010. The molecule has 0 bridgehead atoms. The number of nitrogens with zero attached hydrogens (tertiary/aromatic N) is 1. The van der Waals surface area contributed by atoms with Gasteiger partial charge in [-0.3, -0.25) is 4.99 Å². The molecule has 3 aromatic carbocycles. The Balaban J connectivity index is 1.64. The molecule has 4 nitrogen and oxygen atoms in total. The zero-order valence-electron chi connectivity index (χ0n) is 15.9. The number of hydrogen-bond donors (Lipinski definition) is 3. The summed E-state index contributed by atoms with van der Waals surface area (Å²) in [7, 11) is 0. The molecule has 0 saturated carbocycles. The highest BCUT2D eigenvalue weighted by Crippen LogP contribution is 2.20. The normalized spacial score (nSPS) is 11.4. The number of aryl methyl sites for hydroxylation is 1.